The molecule has 0 aliphatic rings. The number of nitrogens with one attached hydrogen (secondary N) is 2. The van der Waals surface area contributed by atoms with E-state index in [2.05, 4.69) is 22.7 Å². The normalized spacial score (nSPS) is 10.3. The van der Waals surface area contributed by atoms with Gasteiger partial charge in [0.2, 0.25) is 0 Å². The Morgan fingerprint density at radius 1 is 1.33 bits per heavy atom. The monoisotopic (exact) mass is 284 g/mol. The number of carbonyl (C=O) groups is 1. The third-order valence-electron chi connectivity index (χ3n) is 3.42. The molecule has 0 aliphatic carbocycles. The highest BCUT2D eigenvalue weighted by molar-refractivity contribution is 6.08. The first-order chi connectivity index (χ1) is 10.1. The number of rotatable bonds is 4. The Bertz CT molecular complexity index is 667. The number of aryl methyl sites for hydroxylation is 3. The standard InChI is InChI=1S/C16H20N4O/c1-4-12-7-5-6-10(2)15(12)19-16(21)13-9-18-11(3)8-14(13)20-17/h5-9H,4,17H2,1-3H3,(H,18,20)(H,19,21). The zero-order valence-electron chi connectivity index (χ0n) is 12.5. The first kappa shape index (κ1) is 15.0. The number of hydrogen-bond acceptors (Lipinski definition) is 4. The Balaban J connectivity index is 2.35. The maximum Gasteiger partial charge on any atom is 0.259 e. The lowest BCUT2D eigenvalue weighted by molar-refractivity contribution is 0.102. The Kier molecular flexibility index (Phi) is 4.55. The molecule has 5 nitrogen and oxygen atoms in total. The smallest absolute Gasteiger partial charge is 0.259 e. The number of anilines is 2. The number of para-hydroxylation sites is 1. The number of benzene rings is 1. The van der Waals surface area contributed by atoms with Crippen LogP contribution in [0.4, 0.5) is 11.4 Å². The summed E-state index contributed by atoms with van der Waals surface area (Å²) in [5, 5.41) is 2.97. The number of hydrazine groups is 1. The highest BCUT2D eigenvalue weighted by Gasteiger charge is 2.14. The van der Waals surface area contributed by atoms with Crippen molar-refractivity contribution in [1.29, 1.82) is 0 Å². The second-order valence-corrected chi connectivity index (χ2v) is 4.93. The predicted molar refractivity (Wildman–Crippen MR) is 85.3 cm³/mol. The third kappa shape index (κ3) is 3.20. The topological polar surface area (TPSA) is 80.0 Å². The molecule has 4 N–H and O–H groups in total. The van der Waals surface area contributed by atoms with Crippen molar-refractivity contribution in [2.45, 2.75) is 27.2 Å². The summed E-state index contributed by atoms with van der Waals surface area (Å²) in [6, 6.07) is 7.72. The Morgan fingerprint density at radius 2 is 2.10 bits per heavy atom. The van der Waals surface area contributed by atoms with Crippen molar-refractivity contribution in [3.8, 4) is 0 Å². The molecule has 1 amide bonds. The number of carbonyl (C=O) groups excluding carboxylic acids is 1. The Hall–Kier alpha value is -2.40. The van der Waals surface area contributed by atoms with Gasteiger partial charge in [0.15, 0.2) is 0 Å². The van der Waals surface area contributed by atoms with E-state index in [4.69, 9.17) is 5.84 Å². The summed E-state index contributed by atoms with van der Waals surface area (Å²) < 4.78 is 0. The predicted octanol–water partition coefficient (Wildman–Crippen LogP) is 2.80. The minimum absolute atomic E-state index is 0.223. The maximum absolute atomic E-state index is 12.5. The number of pyridine rings is 1. The number of amides is 1. The fraction of sp³-hybridized carbons (Fsp3) is 0.250. The summed E-state index contributed by atoms with van der Waals surface area (Å²) in [7, 11) is 0. The average molecular weight is 284 g/mol. The van der Waals surface area contributed by atoms with E-state index in [-0.39, 0.29) is 5.91 Å². The van der Waals surface area contributed by atoms with Crippen molar-refractivity contribution in [2.75, 3.05) is 10.7 Å². The molecule has 0 unspecified atom stereocenters. The van der Waals surface area contributed by atoms with Gasteiger partial charge in [-0.05, 0) is 37.5 Å². The van der Waals surface area contributed by atoms with Crippen LogP contribution in [0.15, 0.2) is 30.5 Å². The van der Waals surface area contributed by atoms with Crippen LogP contribution in [0.2, 0.25) is 0 Å². The summed E-state index contributed by atoms with van der Waals surface area (Å²) in [5.74, 6) is 5.26. The zero-order valence-corrected chi connectivity index (χ0v) is 12.5. The van der Waals surface area contributed by atoms with Gasteiger partial charge in [0.05, 0.1) is 11.3 Å². The van der Waals surface area contributed by atoms with E-state index in [0.717, 1.165) is 28.9 Å². The van der Waals surface area contributed by atoms with Crippen LogP contribution in [-0.4, -0.2) is 10.9 Å². The van der Waals surface area contributed by atoms with Crippen LogP contribution in [0.3, 0.4) is 0 Å². The molecule has 0 saturated carbocycles. The van der Waals surface area contributed by atoms with E-state index in [1.165, 1.54) is 6.20 Å². The molecular formula is C16H20N4O. The van der Waals surface area contributed by atoms with Crippen LogP contribution < -0.4 is 16.6 Å². The lowest BCUT2D eigenvalue weighted by Crippen LogP contribution is -2.19. The van der Waals surface area contributed by atoms with Crippen molar-refractivity contribution < 1.29 is 4.79 Å². The molecule has 0 spiro atoms. The van der Waals surface area contributed by atoms with Crippen molar-refractivity contribution in [3.05, 3.63) is 52.8 Å². The van der Waals surface area contributed by atoms with Crippen LogP contribution >= 0.6 is 0 Å². The number of nitrogen functional groups attached to an aromatic ring is 1. The van der Waals surface area contributed by atoms with E-state index >= 15 is 0 Å². The lowest BCUT2D eigenvalue weighted by Gasteiger charge is -2.14. The second kappa shape index (κ2) is 6.37. The van der Waals surface area contributed by atoms with E-state index in [1.54, 1.807) is 6.07 Å². The third-order valence-corrected chi connectivity index (χ3v) is 3.42. The van der Waals surface area contributed by atoms with Crippen LogP contribution in [0.5, 0.6) is 0 Å². The molecule has 5 heteroatoms. The fourth-order valence-corrected chi connectivity index (χ4v) is 2.24. The lowest BCUT2D eigenvalue weighted by atomic mass is 10.1. The van der Waals surface area contributed by atoms with E-state index in [9.17, 15) is 4.79 Å². The van der Waals surface area contributed by atoms with Gasteiger partial charge in [0.25, 0.3) is 5.91 Å². The van der Waals surface area contributed by atoms with Gasteiger partial charge in [-0.1, -0.05) is 25.1 Å². The molecule has 2 rings (SSSR count). The molecule has 0 radical (unpaired) electrons. The molecule has 0 fully saturated rings. The van der Waals surface area contributed by atoms with Gasteiger partial charge in [-0.15, -0.1) is 0 Å². The number of nitrogens with two attached hydrogens (primary N) is 1. The molecule has 0 atom stereocenters. The van der Waals surface area contributed by atoms with Crippen LogP contribution in [0.1, 0.15) is 34.1 Å². The fourth-order valence-electron chi connectivity index (χ4n) is 2.24. The molecular weight excluding hydrogens is 264 g/mol. The molecule has 1 heterocycles. The molecule has 2 aromatic rings. The molecule has 0 saturated heterocycles. The highest BCUT2D eigenvalue weighted by atomic mass is 16.1. The van der Waals surface area contributed by atoms with Crippen LogP contribution in [0.25, 0.3) is 0 Å². The molecule has 21 heavy (non-hydrogen) atoms. The number of aromatic nitrogens is 1. The summed E-state index contributed by atoms with van der Waals surface area (Å²) in [6.45, 7) is 5.88. The largest absolute Gasteiger partial charge is 0.323 e. The maximum atomic E-state index is 12.5. The Morgan fingerprint density at radius 3 is 2.76 bits per heavy atom. The molecule has 1 aromatic carbocycles. The van der Waals surface area contributed by atoms with Gasteiger partial charge in [-0.3, -0.25) is 15.6 Å². The summed E-state index contributed by atoms with van der Waals surface area (Å²) in [6.07, 6.45) is 2.38. The van der Waals surface area contributed by atoms with E-state index < -0.39 is 0 Å². The Labute approximate surface area is 124 Å². The number of hydrogen-bond donors (Lipinski definition) is 3. The average Bonchev–Trinajstić information content (AvgIpc) is 2.48. The van der Waals surface area contributed by atoms with Crippen LogP contribution in [-0.2, 0) is 6.42 Å². The van der Waals surface area contributed by atoms with Crippen molar-refractivity contribution in [2.24, 2.45) is 5.84 Å². The quantitative estimate of drug-likeness (QED) is 0.596. The highest BCUT2D eigenvalue weighted by Crippen LogP contribution is 2.23. The SMILES string of the molecule is CCc1cccc(C)c1NC(=O)c1cnc(C)cc1NN. The van der Waals surface area contributed by atoms with Gasteiger partial charge in [-0.2, -0.15) is 0 Å². The molecule has 110 valence electrons. The van der Waals surface area contributed by atoms with Crippen molar-refractivity contribution in [3.63, 3.8) is 0 Å². The summed E-state index contributed by atoms with van der Waals surface area (Å²) >= 11 is 0. The minimum atomic E-state index is -0.223. The summed E-state index contributed by atoms with van der Waals surface area (Å²) in [5.41, 5.74) is 7.32. The second-order valence-electron chi connectivity index (χ2n) is 4.93. The van der Waals surface area contributed by atoms with Crippen molar-refractivity contribution in [1.82, 2.24) is 4.98 Å². The van der Waals surface area contributed by atoms with E-state index in [0.29, 0.717) is 11.3 Å². The van der Waals surface area contributed by atoms with Crippen LogP contribution in [0, 0.1) is 13.8 Å². The molecule has 0 aliphatic heterocycles. The van der Waals surface area contributed by atoms with E-state index in [1.807, 2.05) is 32.0 Å². The number of nitrogens with zero attached hydrogens (tertiary/aromatic N) is 1. The minimum Gasteiger partial charge on any atom is -0.323 e. The zero-order chi connectivity index (χ0) is 15.4. The van der Waals surface area contributed by atoms with Gasteiger partial charge in [0.1, 0.15) is 0 Å². The van der Waals surface area contributed by atoms with Gasteiger partial charge in [0, 0.05) is 17.6 Å². The van der Waals surface area contributed by atoms with Gasteiger partial charge in [-0.25, -0.2) is 0 Å². The van der Waals surface area contributed by atoms with Gasteiger partial charge < -0.3 is 10.7 Å². The first-order valence-corrected chi connectivity index (χ1v) is 6.90. The summed E-state index contributed by atoms with van der Waals surface area (Å²) in [4.78, 5) is 16.6. The molecule has 1 aromatic heterocycles. The first-order valence-electron chi connectivity index (χ1n) is 6.90. The van der Waals surface area contributed by atoms with Crippen molar-refractivity contribution >= 4 is 17.3 Å². The molecule has 0 bridgehead atoms. The van der Waals surface area contributed by atoms with Gasteiger partial charge >= 0.3 is 0 Å².